The second-order valence-electron chi connectivity index (χ2n) is 6.11. The SMILES string of the molecule is CCO[C@@H]1COC2(CCN(C(=O)c3cnc(C)cn3)CC2)C1. The smallest absolute Gasteiger partial charge is 0.274 e. The van der Waals surface area contributed by atoms with Gasteiger partial charge in [-0.3, -0.25) is 9.78 Å². The molecule has 22 heavy (non-hydrogen) atoms. The number of amides is 1. The molecule has 0 unspecified atom stereocenters. The number of nitrogens with zero attached hydrogens (tertiary/aromatic N) is 3. The van der Waals surface area contributed by atoms with Crippen LogP contribution >= 0.6 is 0 Å². The maximum atomic E-state index is 12.4. The lowest BCUT2D eigenvalue weighted by atomic mass is 9.88. The summed E-state index contributed by atoms with van der Waals surface area (Å²) in [5.74, 6) is -0.0401. The van der Waals surface area contributed by atoms with Crippen LogP contribution in [0, 0.1) is 6.92 Å². The Kier molecular flexibility index (Phi) is 4.40. The maximum Gasteiger partial charge on any atom is 0.274 e. The molecule has 1 spiro atoms. The first-order chi connectivity index (χ1) is 10.6. The molecule has 1 aromatic heterocycles. The minimum atomic E-state index is -0.102. The predicted molar refractivity (Wildman–Crippen MR) is 80.6 cm³/mol. The summed E-state index contributed by atoms with van der Waals surface area (Å²) in [7, 11) is 0. The second-order valence-corrected chi connectivity index (χ2v) is 6.11. The van der Waals surface area contributed by atoms with E-state index in [0.717, 1.165) is 31.6 Å². The van der Waals surface area contributed by atoms with Gasteiger partial charge in [0, 0.05) is 32.3 Å². The highest BCUT2D eigenvalue weighted by Crippen LogP contribution is 2.37. The van der Waals surface area contributed by atoms with Crippen LogP contribution in [0.3, 0.4) is 0 Å². The lowest BCUT2D eigenvalue weighted by molar-refractivity contribution is -0.0408. The van der Waals surface area contributed by atoms with E-state index in [1.54, 1.807) is 12.4 Å². The highest BCUT2D eigenvalue weighted by atomic mass is 16.6. The second kappa shape index (κ2) is 6.30. The van der Waals surface area contributed by atoms with Crippen LogP contribution in [0.5, 0.6) is 0 Å². The van der Waals surface area contributed by atoms with Gasteiger partial charge < -0.3 is 14.4 Å². The number of likely N-dealkylation sites (tertiary alicyclic amines) is 1. The molecule has 6 nitrogen and oxygen atoms in total. The molecule has 0 radical (unpaired) electrons. The van der Waals surface area contributed by atoms with Crippen LogP contribution in [-0.2, 0) is 9.47 Å². The van der Waals surface area contributed by atoms with Crippen LogP contribution in [0.25, 0.3) is 0 Å². The number of aryl methyl sites for hydroxylation is 1. The quantitative estimate of drug-likeness (QED) is 0.848. The van der Waals surface area contributed by atoms with E-state index in [9.17, 15) is 4.79 Å². The van der Waals surface area contributed by atoms with Crippen molar-refractivity contribution in [3.05, 3.63) is 23.8 Å². The van der Waals surface area contributed by atoms with Crippen molar-refractivity contribution in [1.29, 1.82) is 0 Å². The molecule has 2 aliphatic heterocycles. The minimum Gasteiger partial charge on any atom is -0.376 e. The molecule has 0 bridgehead atoms. The molecule has 1 aromatic rings. The molecule has 1 atom stereocenters. The van der Waals surface area contributed by atoms with E-state index in [1.165, 1.54) is 0 Å². The Morgan fingerprint density at radius 1 is 1.41 bits per heavy atom. The zero-order valence-corrected chi connectivity index (χ0v) is 13.2. The summed E-state index contributed by atoms with van der Waals surface area (Å²) < 4.78 is 11.7. The average Bonchev–Trinajstić information content (AvgIpc) is 2.91. The van der Waals surface area contributed by atoms with Gasteiger partial charge >= 0.3 is 0 Å². The fourth-order valence-electron chi connectivity index (χ4n) is 3.28. The van der Waals surface area contributed by atoms with Crippen LogP contribution in [0.15, 0.2) is 12.4 Å². The predicted octanol–water partition coefficient (Wildman–Crippen LogP) is 1.59. The fourth-order valence-corrected chi connectivity index (χ4v) is 3.28. The van der Waals surface area contributed by atoms with Gasteiger partial charge in [0.15, 0.2) is 0 Å². The van der Waals surface area contributed by atoms with Gasteiger partial charge in [-0.05, 0) is 26.7 Å². The Hall–Kier alpha value is -1.53. The average molecular weight is 305 g/mol. The molecule has 2 aliphatic rings. The Morgan fingerprint density at radius 3 is 2.82 bits per heavy atom. The molecular weight excluding hydrogens is 282 g/mol. The van der Waals surface area contributed by atoms with Gasteiger partial charge in [-0.25, -0.2) is 4.98 Å². The molecule has 120 valence electrons. The summed E-state index contributed by atoms with van der Waals surface area (Å²) in [6.45, 7) is 6.67. The number of hydrogen-bond acceptors (Lipinski definition) is 5. The minimum absolute atomic E-state index is 0.0401. The van der Waals surface area contributed by atoms with Gasteiger partial charge in [0.05, 0.1) is 30.2 Å². The Balaban J connectivity index is 1.58. The molecule has 0 saturated carbocycles. The van der Waals surface area contributed by atoms with Crippen molar-refractivity contribution in [3.8, 4) is 0 Å². The molecule has 6 heteroatoms. The summed E-state index contributed by atoms with van der Waals surface area (Å²) >= 11 is 0. The van der Waals surface area contributed by atoms with Crippen LogP contribution in [-0.4, -0.2) is 58.8 Å². The Morgan fingerprint density at radius 2 is 2.18 bits per heavy atom. The van der Waals surface area contributed by atoms with Crippen molar-refractivity contribution < 1.29 is 14.3 Å². The van der Waals surface area contributed by atoms with Crippen molar-refractivity contribution in [1.82, 2.24) is 14.9 Å². The number of ether oxygens (including phenoxy) is 2. The van der Waals surface area contributed by atoms with Crippen LogP contribution in [0.1, 0.15) is 42.4 Å². The first-order valence-electron chi connectivity index (χ1n) is 7.95. The van der Waals surface area contributed by atoms with Crippen molar-refractivity contribution in [2.75, 3.05) is 26.3 Å². The summed E-state index contributed by atoms with van der Waals surface area (Å²) in [5.41, 5.74) is 1.13. The zero-order valence-electron chi connectivity index (χ0n) is 13.2. The largest absolute Gasteiger partial charge is 0.376 e. The van der Waals surface area contributed by atoms with Gasteiger partial charge in [0.2, 0.25) is 0 Å². The van der Waals surface area contributed by atoms with Gasteiger partial charge in [-0.1, -0.05) is 0 Å². The van der Waals surface area contributed by atoms with Crippen molar-refractivity contribution in [3.63, 3.8) is 0 Å². The first kappa shape index (κ1) is 15.4. The standard InChI is InChI=1S/C16H23N3O3/c1-3-21-13-8-16(22-11-13)4-6-19(7-5-16)15(20)14-10-17-12(2)9-18-14/h9-10,13H,3-8,11H2,1-2H3/t13-/m0/s1. The number of aromatic nitrogens is 2. The molecule has 0 N–H and O–H groups in total. The van der Waals surface area contributed by atoms with Crippen molar-refractivity contribution in [2.24, 2.45) is 0 Å². The topological polar surface area (TPSA) is 64.6 Å². The van der Waals surface area contributed by atoms with Gasteiger partial charge in [-0.15, -0.1) is 0 Å². The highest BCUT2D eigenvalue weighted by molar-refractivity contribution is 5.92. The van der Waals surface area contributed by atoms with Crippen LogP contribution in [0.4, 0.5) is 0 Å². The third-order valence-corrected chi connectivity index (χ3v) is 4.54. The van der Waals surface area contributed by atoms with E-state index >= 15 is 0 Å². The summed E-state index contributed by atoms with van der Waals surface area (Å²) in [5, 5.41) is 0. The van der Waals surface area contributed by atoms with Gasteiger partial charge in [0.25, 0.3) is 5.91 Å². The Bertz CT molecular complexity index is 524. The first-order valence-corrected chi connectivity index (χ1v) is 7.95. The molecule has 0 aliphatic carbocycles. The van der Waals surface area contributed by atoms with E-state index in [-0.39, 0.29) is 17.6 Å². The molecule has 0 aromatic carbocycles. The normalized spacial score (nSPS) is 23.9. The fraction of sp³-hybridized carbons (Fsp3) is 0.688. The molecule has 3 heterocycles. The molecule has 3 rings (SSSR count). The third kappa shape index (κ3) is 3.13. The number of carbonyl (C=O) groups is 1. The van der Waals surface area contributed by atoms with Gasteiger partial charge in [0.1, 0.15) is 5.69 Å². The number of piperidine rings is 1. The lowest BCUT2D eigenvalue weighted by Gasteiger charge is -2.38. The lowest BCUT2D eigenvalue weighted by Crippen LogP contribution is -2.46. The molecule has 2 saturated heterocycles. The zero-order chi connectivity index (χ0) is 15.6. The van der Waals surface area contributed by atoms with Crippen LogP contribution in [0.2, 0.25) is 0 Å². The van der Waals surface area contributed by atoms with E-state index in [1.807, 2.05) is 18.7 Å². The summed E-state index contributed by atoms with van der Waals surface area (Å²) in [4.78, 5) is 22.6. The Labute approximate surface area is 130 Å². The third-order valence-electron chi connectivity index (χ3n) is 4.54. The van der Waals surface area contributed by atoms with E-state index in [2.05, 4.69) is 9.97 Å². The van der Waals surface area contributed by atoms with E-state index < -0.39 is 0 Å². The van der Waals surface area contributed by atoms with Crippen LogP contribution < -0.4 is 0 Å². The molecule has 2 fully saturated rings. The molecule has 1 amide bonds. The summed E-state index contributed by atoms with van der Waals surface area (Å²) in [6.07, 6.45) is 6.05. The van der Waals surface area contributed by atoms with Crippen molar-refractivity contribution >= 4 is 5.91 Å². The highest BCUT2D eigenvalue weighted by Gasteiger charge is 2.43. The van der Waals surface area contributed by atoms with E-state index in [0.29, 0.717) is 25.4 Å². The van der Waals surface area contributed by atoms with Gasteiger partial charge in [-0.2, -0.15) is 0 Å². The van der Waals surface area contributed by atoms with E-state index in [4.69, 9.17) is 9.47 Å². The number of carbonyl (C=O) groups excluding carboxylic acids is 1. The monoisotopic (exact) mass is 305 g/mol. The number of rotatable bonds is 3. The number of hydrogen-bond donors (Lipinski definition) is 0. The van der Waals surface area contributed by atoms with Crippen molar-refractivity contribution in [2.45, 2.75) is 44.8 Å². The maximum absolute atomic E-state index is 12.4. The summed E-state index contributed by atoms with van der Waals surface area (Å²) in [6, 6.07) is 0. The molecular formula is C16H23N3O3.